The van der Waals surface area contributed by atoms with Crippen molar-refractivity contribution in [2.75, 3.05) is 6.61 Å². The van der Waals surface area contributed by atoms with Crippen LogP contribution < -0.4 is 5.73 Å². The summed E-state index contributed by atoms with van der Waals surface area (Å²) in [6.07, 6.45) is 2.78. The number of benzene rings is 1. The van der Waals surface area contributed by atoms with Gasteiger partial charge in [0, 0.05) is 12.0 Å². The number of nitrogens with two attached hydrogens (primary N) is 1. The Morgan fingerprint density at radius 1 is 1.50 bits per heavy atom. The van der Waals surface area contributed by atoms with E-state index in [9.17, 15) is 4.79 Å². The molecule has 0 spiro atoms. The van der Waals surface area contributed by atoms with E-state index in [2.05, 4.69) is 11.2 Å². The van der Waals surface area contributed by atoms with Gasteiger partial charge in [0.25, 0.3) is 5.91 Å². The number of hydrogen-bond acceptors (Lipinski definition) is 4. The lowest BCUT2D eigenvalue weighted by Gasteiger charge is -2.23. The number of fused-ring (bicyclic) bond motifs is 1. The van der Waals surface area contributed by atoms with E-state index >= 15 is 0 Å². The van der Waals surface area contributed by atoms with Gasteiger partial charge in [-0.15, -0.1) is 0 Å². The summed E-state index contributed by atoms with van der Waals surface area (Å²) in [6.45, 7) is 0.689. The zero-order valence-electron chi connectivity index (χ0n) is 10.9. The standard InChI is InChI=1S/C14H14N4O2/c15-8-9-4-5-11-10(7-9)13(14(16)19)17-18(11)12-3-1-2-6-20-12/h4-5,7,12H,1-3,6H2,(H2,16,19). The van der Waals surface area contributed by atoms with Crippen LogP contribution in [0.15, 0.2) is 18.2 Å². The fraction of sp³-hybridized carbons (Fsp3) is 0.357. The largest absolute Gasteiger partial charge is 0.364 e. The Bertz CT molecular complexity index is 708. The Kier molecular flexibility index (Phi) is 3.12. The number of rotatable bonds is 2. The van der Waals surface area contributed by atoms with E-state index in [4.69, 9.17) is 15.7 Å². The summed E-state index contributed by atoms with van der Waals surface area (Å²) in [5.74, 6) is -0.598. The number of primary amides is 1. The molecule has 0 saturated carbocycles. The van der Waals surface area contributed by atoms with Gasteiger partial charge in [0.2, 0.25) is 0 Å². The van der Waals surface area contributed by atoms with E-state index in [-0.39, 0.29) is 11.9 Å². The lowest BCUT2D eigenvalue weighted by atomic mass is 10.1. The molecule has 6 nitrogen and oxygen atoms in total. The maximum absolute atomic E-state index is 11.5. The van der Waals surface area contributed by atoms with Gasteiger partial charge in [-0.1, -0.05) is 0 Å². The molecule has 20 heavy (non-hydrogen) atoms. The number of amides is 1. The Labute approximate surface area is 115 Å². The van der Waals surface area contributed by atoms with E-state index < -0.39 is 5.91 Å². The van der Waals surface area contributed by atoms with Crippen molar-refractivity contribution >= 4 is 16.8 Å². The average molecular weight is 270 g/mol. The molecule has 1 aliphatic rings. The second-order valence-electron chi connectivity index (χ2n) is 4.82. The van der Waals surface area contributed by atoms with E-state index in [0.717, 1.165) is 24.8 Å². The molecule has 1 fully saturated rings. The molecule has 2 heterocycles. The van der Waals surface area contributed by atoms with E-state index in [1.165, 1.54) is 0 Å². The topological polar surface area (TPSA) is 93.9 Å². The minimum atomic E-state index is -0.598. The molecule has 2 aromatic rings. The van der Waals surface area contributed by atoms with E-state index in [1.807, 2.05) is 0 Å². The maximum atomic E-state index is 11.5. The summed E-state index contributed by atoms with van der Waals surface area (Å²) in [4.78, 5) is 11.5. The summed E-state index contributed by atoms with van der Waals surface area (Å²) in [7, 11) is 0. The SMILES string of the molecule is N#Cc1ccc2c(c1)c(C(N)=O)nn2C1CCCCO1. The first-order valence-electron chi connectivity index (χ1n) is 6.54. The highest BCUT2D eigenvalue weighted by atomic mass is 16.5. The highest BCUT2D eigenvalue weighted by molar-refractivity contribution is 6.04. The minimum absolute atomic E-state index is 0.174. The lowest BCUT2D eigenvalue weighted by molar-refractivity contribution is -0.0367. The van der Waals surface area contributed by atoms with Crippen molar-refractivity contribution in [3.8, 4) is 6.07 Å². The van der Waals surface area contributed by atoms with Crippen LogP contribution in [0.1, 0.15) is 41.5 Å². The van der Waals surface area contributed by atoms with Crippen LogP contribution in [0.3, 0.4) is 0 Å². The molecule has 1 amide bonds. The second-order valence-corrected chi connectivity index (χ2v) is 4.82. The molecule has 102 valence electrons. The summed E-state index contributed by atoms with van der Waals surface area (Å²) in [5.41, 5.74) is 6.81. The van der Waals surface area contributed by atoms with Crippen LogP contribution in [0.25, 0.3) is 10.9 Å². The van der Waals surface area contributed by atoms with Gasteiger partial charge < -0.3 is 10.5 Å². The minimum Gasteiger partial charge on any atom is -0.364 e. The quantitative estimate of drug-likeness (QED) is 0.898. The molecule has 1 aromatic carbocycles. The van der Waals surface area contributed by atoms with Crippen molar-refractivity contribution in [2.24, 2.45) is 5.73 Å². The van der Waals surface area contributed by atoms with Crippen molar-refractivity contribution in [1.82, 2.24) is 9.78 Å². The highest BCUT2D eigenvalue weighted by Crippen LogP contribution is 2.28. The van der Waals surface area contributed by atoms with Gasteiger partial charge in [0.1, 0.15) is 0 Å². The van der Waals surface area contributed by atoms with E-state index in [1.54, 1.807) is 22.9 Å². The van der Waals surface area contributed by atoms with Crippen molar-refractivity contribution < 1.29 is 9.53 Å². The third kappa shape index (κ3) is 2.02. The fourth-order valence-corrected chi connectivity index (χ4v) is 2.53. The second kappa shape index (κ2) is 4.94. The van der Waals surface area contributed by atoms with Gasteiger partial charge in [0.05, 0.1) is 17.1 Å². The zero-order valence-corrected chi connectivity index (χ0v) is 10.9. The van der Waals surface area contributed by atoms with Crippen LogP contribution in [0.4, 0.5) is 0 Å². The molecule has 1 aromatic heterocycles. The molecule has 1 unspecified atom stereocenters. The van der Waals surface area contributed by atoms with Crippen molar-refractivity contribution in [3.63, 3.8) is 0 Å². The normalized spacial score (nSPS) is 18.9. The molecule has 1 atom stereocenters. The monoisotopic (exact) mass is 270 g/mol. The summed E-state index contributed by atoms with van der Waals surface area (Å²) in [6, 6.07) is 7.18. The molecule has 0 bridgehead atoms. The maximum Gasteiger partial charge on any atom is 0.269 e. The van der Waals surface area contributed by atoms with Crippen LogP contribution >= 0.6 is 0 Å². The summed E-state index contributed by atoms with van der Waals surface area (Å²) < 4.78 is 7.41. The zero-order chi connectivity index (χ0) is 14.1. The van der Waals surface area contributed by atoms with Gasteiger partial charge in [-0.3, -0.25) is 4.79 Å². The predicted molar refractivity (Wildman–Crippen MR) is 71.8 cm³/mol. The van der Waals surface area contributed by atoms with Gasteiger partial charge in [0.15, 0.2) is 11.9 Å². The van der Waals surface area contributed by atoms with Crippen LogP contribution in [0, 0.1) is 11.3 Å². The number of aromatic nitrogens is 2. The summed E-state index contributed by atoms with van der Waals surface area (Å²) >= 11 is 0. The van der Waals surface area contributed by atoms with Crippen LogP contribution in [-0.4, -0.2) is 22.3 Å². The lowest BCUT2D eigenvalue weighted by Crippen LogP contribution is -2.20. The molecule has 1 saturated heterocycles. The van der Waals surface area contributed by atoms with Gasteiger partial charge in [-0.2, -0.15) is 10.4 Å². The third-order valence-corrected chi connectivity index (χ3v) is 3.50. The van der Waals surface area contributed by atoms with Crippen LogP contribution in [0.5, 0.6) is 0 Å². The van der Waals surface area contributed by atoms with Gasteiger partial charge >= 0.3 is 0 Å². The smallest absolute Gasteiger partial charge is 0.269 e. The molecule has 6 heteroatoms. The number of nitrogens with zero attached hydrogens (tertiary/aromatic N) is 3. The number of carbonyl (C=O) groups is 1. The van der Waals surface area contributed by atoms with Gasteiger partial charge in [-0.05, 0) is 37.5 Å². The Balaban J connectivity index is 2.17. The Morgan fingerprint density at radius 2 is 2.35 bits per heavy atom. The fourth-order valence-electron chi connectivity index (χ4n) is 2.53. The van der Waals surface area contributed by atoms with Gasteiger partial charge in [-0.25, -0.2) is 4.68 Å². The first kappa shape index (κ1) is 12.6. The van der Waals surface area contributed by atoms with Crippen molar-refractivity contribution in [1.29, 1.82) is 5.26 Å². The average Bonchev–Trinajstić information content (AvgIpc) is 2.87. The van der Waals surface area contributed by atoms with Crippen LogP contribution in [-0.2, 0) is 4.74 Å². The molecule has 2 N–H and O–H groups in total. The van der Waals surface area contributed by atoms with Crippen molar-refractivity contribution in [2.45, 2.75) is 25.5 Å². The Morgan fingerprint density at radius 3 is 3.00 bits per heavy atom. The molecule has 0 radical (unpaired) electrons. The first-order valence-corrected chi connectivity index (χ1v) is 6.54. The Hall–Kier alpha value is -2.39. The highest BCUT2D eigenvalue weighted by Gasteiger charge is 2.22. The number of ether oxygens (including phenoxy) is 1. The predicted octanol–water partition coefficient (Wildman–Crippen LogP) is 1.71. The van der Waals surface area contributed by atoms with E-state index in [0.29, 0.717) is 17.6 Å². The number of carbonyl (C=O) groups excluding carboxylic acids is 1. The number of nitriles is 1. The molecule has 1 aliphatic heterocycles. The first-order chi connectivity index (χ1) is 9.70. The summed E-state index contributed by atoms with van der Waals surface area (Å²) in [5, 5.41) is 13.9. The molecular formula is C14H14N4O2. The van der Waals surface area contributed by atoms with Crippen molar-refractivity contribution in [3.05, 3.63) is 29.5 Å². The third-order valence-electron chi connectivity index (χ3n) is 3.50. The molecular weight excluding hydrogens is 256 g/mol. The number of hydrogen-bond donors (Lipinski definition) is 1. The molecule has 0 aliphatic carbocycles. The molecule has 3 rings (SSSR count). The van der Waals surface area contributed by atoms with Crippen LogP contribution in [0.2, 0.25) is 0 Å².